The van der Waals surface area contributed by atoms with E-state index >= 15 is 0 Å². The van der Waals surface area contributed by atoms with Gasteiger partial charge in [-0.25, -0.2) is 4.79 Å². The number of likely N-dealkylation sites (N-methyl/N-ethyl adjacent to an activating group) is 1. The minimum atomic E-state index is -0.409. The van der Waals surface area contributed by atoms with Crippen molar-refractivity contribution in [3.05, 3.63) is 5.56 Å². The fraction of sp³-hybridized carbons (Fsp3) is 0.667. The van der Waals surface area contributed by atoms with Gasteiger partial charge in [0.2, 0.25) is 0 Å². The van der Waals surface area contributed by atoms with Crippen LogP contribution >= 0.6 is 11.5 Å². The van der Waals surface area contributed by atoms with Crippen molar-refractivity contribution in [3.63, 3.8) is 0 Å². The zero-order valence-corrected chi connectivity index (χ0v) is 12.4. The summed E-state index contributed by atoms with van der Waals surface area (Å²) in [5.41, 5.74) is 6.19. The van der Waals surface area contributed by atoms with Crippen molar-refractivity contribution < 1.29 is 9.53 Å². The van der Waals surface area contributed by atoms with Crippen LogP contribution in [0.5, 0.6) is 0 Å². The Morgan fingerprint density at radius 3 is 2.95 bits per heavy atom. The lowest BCUT2D eigenvalue weighted by molar-refractivity contribution is 0.0602. The Kier molecular flexibility index (Phi) is 4.26. The summed E-state index contributed by atoms with van der Waals surface area (Å²) in [5.74, 6) is -0.146. The van der Waals surface area contributed by atoms with E-state index in [1.54, 1.807) is 0 Å². The first-order chi connectivity index (χ1) is 9.08. The molecule has 1 saturated heterocycles. The van der Waals surface area contributed by atoms with Gasteiger partial charge in [0.25, 0.3) is 0 Å². The first-order valence-electron chi connectivity index (χ1n) is 6.37. The van der Waals surface area contributed by atoms with Crippen LogP contribution in [0.15, 0.2) is 0 Å². The van der Waals surface area contributed by atoms with E-state index in [9.17, 15) is 4.79 Å². The number of hydrogen-bond acceptors (Lipinski definition) is 7. The predicted molar refractivity (Wildman–Crippen MR) is 76.8 cm³/mol. The number of hydrogen-bond donors (Lipinski definition) is 1. The lowest BCUT2D eigenvalue weighted by Gasteiger charge is -2.39. The number of piperazine rings is 1. The van der Waals surface area contributed by atoms with E-state index in [4.69, 9.17) is 10.5 Å². The van der Waals surface area contributed by atoms with Crippen LogP contribution in [0.25, 0.3) is 0 Å². The molecule has 0 aromatic carbocycles. The van der Waals surface area contributed by atoms with E-state index in [-0.39, 0.29) is 5.82 Å². The second kappa shape index (κ2) is 5.75. The van der Waals surface area contributed by atoms with Crippen LogP contribution in [0.3, 0.4) is 0 Å². The summed E-state index contributed by atoms with van der Waals surface area (Å²) < 4.78 is 8.89. The number of nitrogens with zero attached hydrogens (tertiary/aromatic N) is 3. The number of nitrogen functional groups attached to an aromatic ring is 1. The lowest BCUT2D eigenvalue weighted by atomic mass is 10.1. The Morgan fingerprint density at radius 2 is 2.32 bits per heavy atom. The number of anilines is 2. The van der Waals surface area contributed by atoms with Crippen molar-refractivity contribution in [2.75, 3.05) is 44.4 Å². The predicted octanol–water partition coefficient (Wildman–Crippen LogP) is 1.04. The molecule has 0 saturated carbocycles. The maximum Gasteiger partial charge on any atom is 0.344 e. The van der Waals surface area contributed by atoms with Crippen LogP contribution in [0.4, 0.5) is 10.8 Å². The fourth-order valence-electron chi connectivity index (χ4n) is 2.37. The molecular weight excluding hydrogens is 264 g/mol. The van der Waals surface area contributed by atoms with E-state index in [1.165, 1.54) is 18.6 Å². The maximum absolute atomic E-state index is 11.8. The number of nitrogens with two attached hydrogens (primary N) is 1. The molecule has 0 amide bonds. The normalized spacial score (nSPS) is 20.6. The van der Waals surface area contributed by atoms with Gasteiger partial charge in [0.15, 0.2) is 5.82 Å². The van der Waals surface area contributed by atoms with Gasteiger partial charge in [-0.05, 0) is 25.0 Å². The Hall–Kier alpha value is -1.34. The highest BCUT2D eigenvalue weighted by molar-refractivity contribution is 7.11. The van der Waals surface area contributed by atoms with E-state index in [2.05, 4.69) is 28.1 Å². The molecule has 2 heterocycles. The largest absolute Gasteiger partial charge is 0.465 e. The monoisotopic (exact) mass is 284 g/mol. The minimum absolute atomic E-state index is 0.263. The summed E-state index contributed by atoms with van der Waals surface area (Å²) in [6, 6.07) is 0.488. The molecule has 2 rings (SSSR count). The van der Waals surface area contributed by atoms with E-state index in [1.807, 2.05) is 0 Å². The number of carbonyl (C=O) groups is 1. The van der Waals surface area contributed by atoms with Crippen molar-refractivity contribution in [1.29, 1.82) is 0 Å². The van der Waals surface area contributed by atoms with E-state index < -0.39 is 5.97 Å². The maximum atomic E-state index is 11.8. The van der Waals surface area contributed by atoms with Gasteiger partial charge in [-0.15, -0.1) is 0 Å². The van der Waals surface area contributed by atoms with Crippen LogP contribution in [0, 0.1) is 0 Å². The number of methoxy groups -OCH3 is 1. The second-order valence-electron chi connectivity index (χ2n) is 4.73. The second-order valence-corrected chi connectivity index (χ2v) is 5.48. The summed E-state index contributed by atoms with van der Waals surface area (Å²) in [4.78, 5) is 16.3. The van der Waals surface area contributed by atoms with Crippen LogP contribution in [0.1, 0.15) is 23.7 Å². The molecule has 6 nitrogen and oxygen atoms in total. The van der Waals surface area contributed by atoms with Gasteiger partial charge in [-0.3, -0.25) is 4.90 Å². The Labute approximate surface area is 117 Å². The van der Waals surface area contributed by atoms with Gasteiger partial charge in [0, 0.05) is 25.7 Å². The van der Waals surface area contributed by atoms with Crippen LogP contribution in [0.2, 0.25) is 0 Å². The van der Waals surface area contributed by atoms with Crippen molar-refractivity contribution >= 4 is 28.3 Å². The third-order valence-electron chi connectivity index (χ3n) is 3.63. The highest BCUT2D eigenvalue weighted by Gasteiger charge is 2.29. The van der Waals surface area contributed by atoms with Gasteiger partial charge in [0.05, 0.1) is 7.11 Å². The van der Waals surface area contributed by atoms with Crippen LogP contribution in [-0.4, -0.2) is 55.1 Å². The summed E-state index contributed by atoms with van der Waals surface area (Å²) in [5, 5.41) is 0.830. The third kappa shape index (κ3) is 2.66. The average Bonchev–Trinajstić information content (AvgIpc) is 2.80. The lowest BCUT2D eigenvalue weighted by Crippen LogP contribution is -2.51. The van der Waals surface area contributed by atoms with Crippen molar-refractivity contribution in [2.24, 2.45) is 0 Å². The first kappa shape index (κ1) is 14.1. The smallest absolute Gasteiger partial charge is 0.344 e. The zero-order chi connectivity index (χ0) is 14.0. The highest BCUT2D eigenvalue weighted by Crippen LogP contribution is 2.32. The first-order valence-corrected chi connectivity index (χ1v) is 7.14. The quantitative estimate of drug-likeness (QED) is 0.836. The number of carbonyl (C=O) groups excluding carboxylic acids is 1. The topological polar surface area (TPSA) is 71.7 Å². The van der Waals surface area contributed by atoms with Gasteiger partial charge in [-0.1, -0.05) is 6.92 Å². The molecule has 1 unspecified atom stereocenters. The van der Waals surface area contributed by atoms with Crippen molar-refractivity contribution in [2.45, 2.75) is 19.4 Å². The molecule has 2 N–H and O–H groups in total. The Morgan fingerprint density at radius 1 is 1.58 bits per heavy atom. The molecule has 1 aromatic rings. The van der Waals surface area contributed by atoms with Crippen LogP contribution in [-0.2, 0) is 4.74 Å². The average molecular weight is 284 g/mol. The summed E-state index contributed by atoms with van der Waals surface area (Å²) in [7, 11) is 3.50. The molecule has 1 aliphatic rings. The Bertz CT molecular complexity index is 463. The number of rotatable bonds is 3. The molecule has 1 aromatic heterocycles. The molecule has 0 spiro atoms. The summed E-state index contributed by atoms with van der Waals surface area (Å²) in [6.45, 7) is 4.90. The van der Waals surface area contributed by atoms with Gasteiger partial charge >= 0.3 is 5.97 Å². The molecule has 1 fully saturated rings. The molecule has 106 valence electrons. The number of esters is 1. The molecular formula is C12H20N4O2S. The van der Waals surface area contributed by atoms with Crippen LogP contribution < -0.4 is 10.6 Å². The fourth-order valence-corrected chi connectivity index (χ4v) is 3.21. The van der Waals surface area contributed by atoms with Gasteiger partial charge < -0.3 is 15.4 Å². The Balaban J connectivity index is 2.25. The minimum Gasteiger partial charge on any atom is -0.465 e. The standard InChI is InChI=1S/C12H20N4O2S/c1-4-8-7-16(6-5-15(8)2)11-9(12(17)18-3)10(13)14-19-11/h8H,4-7H2,1-3H3,(H2,13,14). The van der Waals surface area contributed by atoms with E-state index in [0.29, 0.717) is 11.6 Å². The van der Waals surface area contributed by atoms with Crippen molar-refractivity contribution in [1.82, 2.24) is 9.27 Å². The van der Waals surface area contributed by atoms with E-state index in [0.717, 1.165) is 31.1 Å². The molecule has 7 heteroatoms. The molecule has 1 atom stereocenters. The summed E-state index contributed by atoms with van der Waals surface area (Å²) >= 11 is 1.27. The molecule has 1 aliphatic heterocycles. The van der Waals surface area contributed by atoms with Crippen molar-refractivity contribution in [3.8, 4) is 0 Å². The molecule has 0 radical (unpaired) electrons. The van der Waals surface area contributed by atoms with Gasteiger partial charge in [-0.2, -0.15) is 4.37 Å². The SMILES string of the molecule is CCC1CN(c2snc(N)c2C(=O)OC)CCN1C. The molecule has 19 heavy (non-hydrogen) atoms. The molecule has 0 bridgehead atoms. The third-order valence-corrected chi connectivity index (χ3v) is 4.55. The highest BCUT2D eigenvalue weighted by atomic mass is 32.1. The number of ether oxygens (including phenoxy) is 1. The number of aromatic nitrogens is 1. The molecule has 0 aliphatic carbocycles. The zero-order valence-electron chi connectivity index (χ0n) is 11.5. The van der Waals surface area contributed by atoms with Gasteiger partial charge in [0.1, 0.15) is 10.6 Å². The summed E-state index contributed by atoms with van der Waals surface area (Å²) in [6.07, 6.45) is 1.08.